The van der Waals surface area contributed by atoms with Crippen LogP contribution in [0.1, 0.15) is 11.1 Å². The van der Waals surface area contributed by atoms with Crippen LogP contribution in [0.25, 0.3) is 12.2 Å². The molecule has 0 radical (unpaired) electrons. The number of ether oxygens (including phenoxy) is 1. The molecular formula is C17H14O3S. The van der Waals surface area contributed by atoms with Crippen LogP contribution >= 0.6 is 0 Å². The summed E-state index contributed by atoms with van der Waals surface area (Å²) in [7, 11) is -1.77. The third kappa shape index (κ3) is 2.50. The summed E-state index contributed by atoms with van der Waals surface area (Å²) < 4.78 is 29.8. The minimum absolute atomic E-state index is 0.319. The van der Waals surface area contributed by atoms with Crippen LogP contribution in [0.2, 0.25) is 0 Å². The summed E-state index contributed by atoms with van der Waals surface area (Å²) in [5.74, 6) is 0.771. The summed E-state index contributed by atoms with van der Waals surface area (Å²) in [5.41, 5.74) is 1.66. The lowest BCUT2D eigenvalue weighted by Crippen LogP contribution is -1.98. The second-order valence-electron chi connectivity index (χ2n) is 4.69. The summed E-state index contributed by atoms with van der Waals surface area (Å²) in [6, 6.07) is 14.4. The fourth-order valence-electron chi connectivity index (χ4n) is 2.23. The van der Waals surface area contributed by atoms with E-state index < -0.39 is 9.84 Å². The highest BCUT2D eigenvalue weighted by Gasteiger charge is 2.27. The Kier molecular flexibility index (Phi) is 3.39. The molecule has 3 nitrogen and oxygen atoms in total. The normalized spacial score (nSPS) is 15.8. The molecule has 2 aromatic rings. The molecule has 0 aromatic heterocycles. The maximum Gasteiger partial charge on any atom is 0.207 e. The molecule has 2 aromatic carbocycles. The molecule has 4 heteroatoms. The molecule has 0 atom stereocenters. The smallest absolute Gasteiger partial charge is 0.207 e. The Morgan fingerprint density at radius 3 is 2.33 bits per heavy atom. The molecule has 0 aliphatic carbocycles. The van der Waals surface area contributed by atoms with Gasteiger partial charge in [-0.25, -0.2) is 8.42 Å². The van der Waals surface area contributed by atoms with Gasteiger partial charge in [-0.1, -0.05) is 36.4 Å². The van der Waals surface area contributed by atoms with Crippen LogP contribution in [0.4, 0.5) is 0 Å². The van der Waals surface area contributed by atoms with Gasteiger partial charge in [-0.2, -0.15) is 0 Å². The summed E-state index contributed by atoms with van der Waals surface area (Å²) in [6.45, 7) is 0. The molecule has 21 heavy (non-hydrogen) atoms. The lowest BCUT2D eigenvalue weighted by Gasteiger charge is -2.00. The van der Waals surface area contributed by atoms with Crippen molar-refractivity contribution >= 4 is 22.0 Å². The highest BCUT2D eigenvalue weighted by atomic mass is 32.2. The molecule has 106 valence electrons. The van der Waals surface area contributed by atoms with Crippen LogP contribution in [-0.2, 0) is 9.84 Å². The zero-order chi connectivity index (χ0) is 14.9. The van der Waals surface area contributed by atoms with Crippen molar-refractivity contribution < 1.29 is 13.2 Å². The lowest BCUT2D eigenvalue weighted by atomic mass is 10.2. The Labute approximate surface area is 124 Å². The molecule has 0 saturated carbocycles. The van der Waals surface area contributed by atoms with Gasteiger partial charge >= 0.3 is 0 Å². The molecule has 1 aliphatic heterocycles. The van der Waals surface area contributed by atoms with Gasteiger partial charge in [0.15, 0.2) is 0 Å². The minimum atomic E-state index is -3.38. The van der Waals surface area contributed by atoms with Crippen molar-refractivity contribution in [1.29, 1.82) is 0 Å². The van der Waals surface area contributed by atoms with E-state index >= 15 is 0 Å². The van der Waals surface area contributed by atoms with Gasteiger partial charge in [0, 0.05) is 0 Å². The number of fused-ring (bicyclic) bond motifs is 1. The number of benzene rings is 2. The van der Waals surface area contributed by atoms with Crippen LogP contribution in [0.3, 0.4) is 0 Å². The Morgan fingerprint density at radius 1 is 0.952 bits per heavy atom. The molecule has 0 fully saturated rings. The molecule has 1 aliphatic rings. The molecule has 0 N–H and O–H groups in total. The van der Waals surface area contributed by atoms with E-state index in [4.69, 9.17) is 4.74 Å². The molecule has 3 rings (SSSR count). The Balaban J connectivity index is 1.91. The van der Waals surface area contributed by atoms with Crippen molar-refractivity contribution in [1.82, 2.24) is 0 Å². The second-order valence-corrected chi connectivity index (χ2v) is 6.61. The Hall–Kier alpha value is -2.33. The average Bonchev–Trinajstić information content (AvgIpc) is 2.77. The van der Waals surface area contributed by atoms with Crippen LogP contribution in [0.15, 0.2) is 64.4 Å². The first kappa shape index (κ1) is 13.6. The molecule has 0 unspecified atom stereocenters. The number of rotatable bonds is 3. The summed E-state index contributed by atoms with van der Waals surface area (Å²) in [4.78, 5) is 0.693. The number of allylic oxidation sites excluding steroid dienone is 1. The third-order valence-corrected chi connectivity index (χ3v) is 5.20. The van der Waals surface area contributed by atoms with Crippen molar-refractivity contribution in [2.45, 2.75) is 4.90 Å². The summed E-state index contributed by atoms with van der Waals surface area (Å²) >= 11 is 0. The van der Waals surface area contributed by atoms with Crippen LogP contribution in [0, 0.1) is 0 Å². The van der Waals surface area contributed by atoms with Gasteiger partial charge in [0.05, 0.1) is 16.9 Å². The van der Waals surface area contributed by atoms with E-state index in [0.29, 0.717) is 9.80 Å². The number of hydrogen-bond acceptors (Lipinski definition) is 3. The van der Waals surface area contributed by atoms with Gasteiger partial charge in [0.25, 0.3) is 0 Å². The molecule has 1 heterocycles. The van der Waals surface area contributed by atoms with E-state index in [1.54, 1.807) is 43.5 Å². The van der Waals surface area contributed by atoms with Crippen molar-refractivity contribution in [3.8, 4) is 5.75 Å². The molecule has 0 saturated heterocycles. The highest BCUT2D eigenvalue weighted by molar-refractivity contribution is 7.96. The fourth-order valence-corrected chi connectivity index (χ4v) is 3.71. The quantitative estimate of drug-likeness (QED) is 0.870. The van der Waals surface area contributed by atoms with Crippen LogP contribution in [0.5, 0.6) is 5.75 Å². The Morgan fingerprint density at radius 2 is 1.67 bits per heavy atom. The first-order valence-corrected chi connectivity index (χ1v) is 7.97. The van der Waals surface area contributed by atoms with Crippen molar-refractivity contribution in [3.05, 3.63) is 70.6 Å². The highest BCUT2D eigenvalue weighted by Crippen LogP contribution is 2.33. The van der Waals surface area contributed by atoms with E-state index in [1.165, 1.54) is 0 Å². The van der Waals surface area contributed by atoms with Crippen molar-refractivity contribution in [2.75, 3.05) is 7.11 Å². The van der Waals surface area contributed by atoms with Gasteiger partial charge in [-0.05, 0) is 41.5 Å². The topological polar surface area (TPSA) is 43.4 Å². The number of methoxy groups -OCH3 is 1. The zero-order valence-corrected chi connectivity index (χ0v) is 12.3. The summed E-state index contributed by atoms with van der Waals surface area (Å²) in [5, 5.41) is 0. The third-order valence-electron chi connectivity index (χ3n) is 3.37. The number of hydrogen-bond donors (Lipinski definition) is 0. The molecule has 0 bridgehead atoms. The van der Waals surface area contributed by atoms with Crippen LogP contribution in [-0.4, -0.2) is 15.5 Å². The van der Waals surface area contributed by atoms with Gasteiger partial charge in [-0.3, -0.25) is 0 Å². The van der Waals surface area contributed by atoms with E-state index in [2.05, 4.69) is 0 Å². The predicted octanol–water partition coefficient (Wildman–Crippen LogP) is 3.54. The monoisotopic (exact) mass is 298 g/mol. The predicted molar refractivity (Wildman–Crippen MR) is 83.6 cm³/mol. The first-order valence-electron chi connectivity index (χ1n) is 6.49. The van der Waals surface area contributed by atoms with Gasteiger partial charge in [-0.15, -0.1) is 0 Å². The molecule has 0 amide bonds. The van der Waals surface area contributed by atoms with Crippen LogP contribution < -0.4 is 4.74 Å². The largest absolute Gasteiger partial charge is 0.497 e. The first-order chi connectivity index (χ1) is 10.1. The van der Waals surface area contributed by atoms with E-state index in [-0.39, 0.29) is 0 Å². The van der Waals surface area contributed by atoms with E-state index in [1.807, 2.05) is 30.3 Å². The SMILES string of the molecule is COc1ccc(/C=C/C2=Cc3ccccc3S2(=O)=O)cc1. The zero-order valence-electron chi connectivity index (χ0n) is 11.5. The second kappa shape index (κ2) is 5.22. The van der Waals surface area contributed by atoms with Crippen molar-refractivity contribution in [3.63, 3.8) is 0 Å². The van der Waals surface area contributed by atoms with Crippen molar-refractivity contribution in [2.24, 2.45) is 0 Å². The minimum Gasteiger partial charge on any atom is -0.497 e. The standard InChI is InChI=1S/C17H14O3S/c1-20-15-9-6-13(7-10-15)8-11-16-12-14-4-2-3-5-17(14)21(16,18)19/h2-12H,1H3/b11-8+. The molecular weight excluding hydrogens is 284 g/mol. The average molecular weight is 298 g/mol. The van der Waals surface area contributed by atoms with Gasteiger partial charge in [0.2, 0.25) is 9.84 Å². The van der Waals surface area contributed by atoms with E-state index in [9.17, 15) is 8.42 Å². The van der Waals surface area contributed by atoms with E-state index in [0.717, 1.165) is 16.9 Å². The van der Waals surface area contributed by atoms with Gasteiger partial charge in [0.1, 0.15) is 5.75 Å². The summed E-state index contributed by atoms with van der Waals surface area (Å²) in [6.07, 6.45) is 5.12. The van der Waals surface area contributed by atoms with Gasteiger partial charge < -0.3 is 4.74 Å². The molecule has 0 spiro atoms. The maximum absolute atomic E-state index is 12.4. The number of sulfone groups is 1. The Bertz CT molecular complexity index is 829. The lowest BCUT2D eigenvalue weighted by molar-refractivity contribution is 0.415. The maximum atomic E-state index is 12.4. The fraction of sp³-hybridized carbons (Fsp3) is 0.0588.